The monoisotopic (exact) mass is 239 g/mol. The first kappa shape index (κ1) is 12.4. The predicted molar refractivity (Wildman–Crippen MR) is 75.7 cm³/mol. The maximum absolute atomic E-state index is 5.77. The summed E-state index contributed by atoms with van der Waals surface area (Å²) in [6, 6.07) is 17.7. The van der Waals surface area contributed by atoms with Crippen LogP contribution in [0.15, 0.2) is 60.2 Å². The summed E-state index contributed by atoms with van der Waals surface area (Å²) in [5, 5.41) is 0. The molecule has 2 N–H and O–H groups in total. The standard InChI is InChI=1S/C16H17NO/c1-13(12-17)10-14-6-5-9-16(11-14)18-15-7-3-2-4-8-15/h2-11H,12,17H2,1H3. The molecule has 0 spiro atoms. The molecule has 2 aromatic carbocycles. The molecule has 2 aromatic rings. The smallest absolute Gasteiger partial charge is 0.128 e. The van der Waals surface area contributed by atoms with Gasteiger partial charge in [-0.3, -0.25) is 0 Å². The zero-order chi connectivity index (χ0) is 12.8. The van der Waals surface area contributed by atoms with E-state index in [4.69, 9.17) is 10.5 Å². The van der Waals surface area contributed by atoms with Gasteiger partial charge in [0.15, 0.2) is 0 Å². The van der Waals surface area contributed by atoms with Crippen molar-refractivity contribution in [3.8, 4) is 11.5 Å². The van der Waals surface area contributed by atoms with E-state index in [2.05, 4.69) is 6.08 Å². The van der Waals surface area contributed by atoms with Crippen LogP contribution in [0, 0.1) is 0 Å². The second-order valence-electron chi connectivity index (χ2n) is 4.18. The third-order valence-electron chi connectivity index (χ3n) is 2.57. The first-order valence-corrected chi connectivity index (χ1v) is 5.98. The summed E-state index contributed by atoms with van der Waals surface area (Å²) in [6.07, 6.45) is 2.07. The second kappa shape index (κ2) is 6.03. The Hall–Kier alpha value is -2.06. The van der Waals surface area contributed by atoms with Crippen LogP contribution in [0.4, 0.5) is 0 Å². The molecule has 0 aliphatic rings. The fourth-order valence-corrected chi connectivity index (χ4v) is 1.64. The highest BCUT2D eigenvalue weighted by molar-refractivity contribution is 5.55. The third-order valence-corrected chi connectivity index (χ3v) is 2.57. The number of para-hydroxylation sites is 1. The minimum absolute atomic E-state index is 0.573. The zero-order valence-electron chi connectivity index (χ0n) is 10.5. The van der Waals surface area contributed by atoms with Crippen LogP contribution >= 0.6 is 0 Å². The Morgan fingerprint density at radius 1 is 1.06 bits per heavy atom. The first-order valence-electron chi connectivity index (χ1n) is 5.98. The molecular formula is C16H17NO. The zero-order valence-corrected chi connectivity index (χ0v) is 10.5. The predicted octanol–water partition coefficient (Wildman–Crippen LogP) is 3.84. The van der Waals surface area contributed by atoms with E-state index in [9.17, 15) is 0 Å². The molecule has 2 nitrogen and oxygen atoms in total. The van der Waals surface area contributed by atoms with Crippen molar-refractivity contribution in [3.05, 3.63) is 65.7 Å². The van der Waals surface area contributed by atoms with Gasteiger partial charge in [0.1, 0.15) is 11.5 Å². The quantitative estimate of drug-likeness (QED) is 0.879. The number of hydrogen-bond donors (Lipinski definition) is 1. The van der Waals surface area contributed by atoms with Gasteiger partial charge >= 0.3 is 0 Å². The Morgan fingerprint density at radius 3 is 2.50 bits per heavy atom. The lowest BCUT2D eigenvalue weighted by Gasteiger charge is -2.06. The molecule has 18 heavy (non-hydrogen) atoms. The Balaban J connectivity index is 2.18. The minimum Gasteiger partial charge on any atom is -0.457 e. The maximum atomic E-state index is 5.77. The molecule has 0 saturated carbocycles. The normalized spacial score (nSPS) is 11.3. The molecule has 0 atom stereocenters. The van der Waals surface area contributed by atoms with Gasteiger partial charge in [-0.2, -0.15) is 0 Å². The molecule has 92 valence electrons. The maximum Gasteiger partial charge on any atom is 0.128 e. The molecule has 0 bridgehead atoms. The van der Waals surface area contributed by atoms with Gasteiger partial charge < -0.3 is 10.5 Å². The minimum atomic E-state index is 0.573. The van der Waals surface area contributed by atoms with Gasteiger partial charge in [-0.05, 0) is 36.8 Å². The molecular weight excluding hydrogens is 222 g/mol. The molecule has 0 saturated heterocycles. The van der Waals surface area contributed by atoms with Crippen LogP contribution in [0.25, 0.3) is 6.08 Å². The van der Waals surface area contributed by atoms with E-state index < -0.39 is 0 Å². The van der Waals surface area contributed by atoms with Crippen molar-refractivity contribution in [1.82, 2.24) is 0 Å². The van der Waals surface area contributed by atoms with Gasteiger partial charge in [-0.1, -0.05) is 42.0 Å². The average Bonchev–Trinajstić information content (AvgIpc) is 2.40. The summed E-state index contributed by atoms with van der Waals surface area (Å²) in [4.78, 5) is 0. The Morgan fingerprint density at radius 2 is 1.78 bits per heavy atom. The van der Waals surface area contributed by atoms with E-state index in [1.54, 1.807) is 0 Å². The van der Waals surface area contributed by atoms with Gasteiger partial charge in [0, 0.05) is 6.54 Å². The highest BCUT2D eigenvalue weighted by atomic mass is 16.5. The molecule has 2 heteroatoms. The van der Waals surface area contributed by atoms with E-state index in [0.29, 0.717) is 6.54 Å². The molecule has 0 heterocycles. The molecule has 0 aromatic heterocycles. The molecule has 0 radical (unpaired) electrons. The van der Waals surface area contributed by atoms with Gasteiger partial charge in [0.05, 0.1) is 0 Å². The highest BCUT2D eigenvalue weighted by Gasteiger charge is 1.97. The Kier molecular flexibility index (Phi) is 4.15. The highest BCUT2D eigenvalue weighted by Crippen LogP contribution is 2.22. The van der Waals surface area contributed by atoms with Crippen molar-refractivity contribution in [2.75, 3.05) is 6.54 Å². The third kappa shape index (κ3) is 3.47. The van der Waals surface area contributed by atoms with Crippen LogP contribution in [0.1, 0.15) is 12.5 Å². The number of benzene rings is 2. The topological polar surface area (TPSA) is 35.2 Å². The SMILES string of the molecule is CC(=Cc1cccc(Oc2ccccc2)c1)CN. The van der Waals surface area contributed by atoms with Crippen LogP contribution < -0.4 is 10.5 Å². The number of hydrogen-bond acceptors (Lipinski definition) is 2. The van der Waals surface area contributed by atoms with Gasteiger partial charge in [0.2, 0.25) is 0 Å². The summed E-state index contributed by atoms with van der Waals surface area (Å²) in [5.74, 6) is 1.67. The number of nitrogens with two attached hydrogens (primary N) is 1. The lowest BCUT2D eigenvalue weighted by Crippen LogP contribution is -1.99. The molecule has 2 rings (SSSR count). The van der Waals surface area contributed by atoms with Crippen molar-refractivity contribution >= 4 is 6.08 Å². The summed E-state index contributed by atoms with van der Waals surface area (Å²) >= 11 is 0. The van der Waals surface area contributed by atoms with Crippen LogP contribution in [-0.4, -0.2) is 6.54 Å². The molecule has 0 fully saturated rings. The number of ether oxygens (including phenoxy) is 1. The number of rotatable bonds is 4. The lowest BCUT2D eigenvalue weighted by atomic mass is 10.1. The van der Waals surface area contributed by atoms with E-state index in [1.165, 1.54) is 0 Å². The van der Waals surface area contributed by atoms with Gasteiger partial charge in [-0.25, -0.2) is 0 Å². The fourth-order valence-electron chi connectivity index (χ4n) is 1.64. The average molecular weight is 239 g/mol. The Labute approximate surface area is 108 Å². The first-order chi connectivity index (χ1) is 8.78. The largest absolute Gasteiger partial charge is 0.457 e. The summed E-state index contributed by atoms with van der Waals surface area (Å²) in [5.41, 5.74) is 7.83. The molecule has 0 aliphatic heterocycles. The fraction of sp³-hybridized carbons (Fsp3) is 0.125. The van der Waals surface area contributed by atoms with Crippen LogP contribution in [0.3, 0.4) is 0 Å². The van der Waals surface area contributed by atoms with E-state index in [1.807, 2.05) is 61.5 Å². The van der Waals surface area contributed by atoms with Crippen LogP contribution in [0.2, 0.25) is 0 Å². The van der Waals surface area contributed by atoms with Crippen molar-refractivity contribution in [3.63, 3.8) is 0 Å². The van der Waals surface area contributed by atoms with E-state index in [0.717, 1.165) is 22.6 Å². The van der Waals surface area contributed by atoms with Crippen molar-refractivity contribution < 1.29 is 4.74 Å². The van der Waals surface area contributed by atoms with Crippen LogP contribution in [0.5, 0.6) is 11.5 Å². The summed E-state index contributed by atoms with van der Waals surface area (Å²) < 4.78 is 5.77. The van der Waals surface area contributed by atoms with E-state index in [-0.39, 0.29) is 0 Å². The van der Waals surface area contributed by atoms with Crippen molar-refractivity contribution in [2.24, 2.45) is 5.73 Å². The Bertz CT molecular complexity index is 532. The van der Waals surface area contributed by atoms with Crippen molar-refractivity contribution in [1.29, 1.82) is 0 Å². The molecule has 0 unspecified atom stereocenters. The van der Waals surface area contributed by atoms with E-state index >= 15 is 0 Å². The molecule has 0 aliphatic carbocycles. The van der Waals surface area contributed by atoms with Crippen molar-refractivity contribution in [2.45, 2.75) is 6.92 Å². The van der Waals surface area contributed by atoms with Gasteiger partial charge in [0.25, 0.3) is 0 Å². The summed E-state index contributed by atoms with van der Waals surface area (Å²) in [6.45, 7) is 2.59. The van der Waals surface area contributed by atoms with Gasteiger partial charge in [-0.15, -0.1) is 0 Å². The lowest BCUT2D eigenvalue weighted by molar-refractivity contribution is 0.482. The van der Waals surface area contributed by atoms with Crippen LogP contribution in [-0.2, 0) is 0 Å². The second-order valence-corrected chi connectivity index (χ2v) is 4.18. The summed E-state index contributed by atoms with van der Waals surface area (Å²) in [7, 11) is 0. The molecule has 0 amide bonds.